The number of rotatable bonds is 13. The van der Waals surface area contributed by atoms with Crippen molar-refractivity contribution >= 4 is 0 Å². The van der Waals surface area contributed by atoms with Crippen LogP contribution in [0.3, 0.4) is 0 Å². The average molecular weight is 442 g/mol. The lowest BCUT2D eigenvalue weighted by molar-refractivity contribution is 0.191. The Morgan fingerprint density at radius 1 is 0.909 bits per heavy atom. The highest BCUT2D eigenvalue weighted by molar-refractivity contribution is 5.73. The summed E-state index contributed by atoms with van der Waals surface area (Å²) in [5.74, 6) is 1.82. The van der Waals surface area contributed by atoms with E-state index in [1.54, 1.807) is 0 Å². The lowest BCUT2D eigenvalue weighted by Gasteiger charge is -2.24. The minimum Gasteiger partial charge on any atom is -0.493 e. The van der Waals surface area contributed by atoms with E-state index in [1.165, 1.54) is 5.56 Å². The first-order valence-electron chi connectivity index (χ1n) is 11.7. The number of ether oxygens (including phenoxy) is 2. The van der Waals surface area contributed by atoms with E-state index in [-0.39, 0.29) is 6.10 Å². The Hall–Kier alpha value is -3.30. The van der Waals surface area contributed by atoms with Gasteiger partial charge in [-0.2, -0.15) is 0 Å². The summed E-state index contributed by atoms with van der Waals surface area (Å²) in [6.07, 6.45) is 6.13. The molecule has 0 heterocycles. The molecule has 3 heteroatoms. The van der Waals surface area contributed by atoms with E-state index in [0.717, 1.165) is 59.6 Å². The standard InChI is InChI=1S/C30H35NO2/c1-5-13-24-21-26(27-17-11-12-18-29(27)32-7-3)22-25(14-6-2)30(24)33-28(19-20-31-4)23-15-9-8-10-16-23/h5-6,8-12,15-18,21-22,28,31H,1-2,7,13-14,19-20H2,3-4H3. The molecule has 0 aliphatic carbocycles. The van der Waals surface area contributed by atoms with E-state index in [2.05, 4.69) is 60.9 Å². The van der Waals surface area contributed by atoms with E-state index in [1.807, 2.05) is 50.4 Å². The summed E-state index contributed by atoms with van der Waals surface area (Å²) >= 11 is 0. The topological polar surface area (TPSA) is 30.5 Å². The lowest BCUT2D eigenvalue weighted by atomic mass is 9.94. The van der Waals surface area contributed by atoms with Crippen molar-refractivity contribution in [3.05, 3.63) is 109 Å². The molecule has 1 N–H and O–H groups in total. The molecule has 3 nitrogen and oxygen atoms in total. The van der Waals surface area contributed by atoms with Crippen molar-refractivity contribution in [2.75, 3.05) is 20.2 Å². The molecule has 1 unspecified atom stereocenters. The summed E-state index contributed by atoms with van der Waals surface area (Å²) in [7, 11) is 1.97. The molecule has 0 radical (unpaired) electrons. The first-order chi connectivity index (χ1) is 16.2. The molecule has 0 saturated heterocycles. The molecule has 0 bridgehead atoms. The Labute approximate surface area is 198 Å². The molecule has 0 aromatic heterocycles. The predicted molar refractivity (Wildman–Crippen MR) is 139 cm³/mol. The van der Waals surface area contributed by atoms with Crippen LogP contribution in [0, 0.1) is 0 Å². The zero-order chi connectivity index (χ0) is 23.5. The second-order valence-electron chi connectivity index (χ2n) is 7.95. The van der Waals surface area contributed by atoms with E-state index < -0.39 is 0 Å². The second kappa shape index (κ2) is 12.7. The summed E-state index contributed by atoms with van der Waals surface area (Å²) in [6.45, 7) is 11.5. The third-order valence-electron chi connectivity index (χ3n) is 5.56. The number of hydrogen-bond donors (Lipinski definition) is 1. The predicted octanol–water partition coefficient (Wildman–Crippen LogP) is 6.94. The molecule has 0 aliphatic rings. The number of hydrogen-bond acceptors (Lipinski definition) is 3. The van der Waals surface area contributed by atoms with Gasteiger partial charge in [0, 0.05) is 12.0 Å². The number of para-hydroxylation sites is 1. The third kappa shape index (κ3) is 6.36. The van der Waals surface area contributed by atoms with Crippen LogP contribution in [0.1, 0.15) is 36.1 Å². The van der Waals surface area contributed by atoms with Gasteiger partial charge in [-0.1, -0.05) is 60.7 Å². The lowest BCUT2D eigenvalue weighted by Crippen LogP contribution is -2.17. The van der Waals surface area contributed by atoms with Crippen LogP contribution in [0.5, 0.6) is 11.5 Å². The highest BCUT2D eigenvalue weighted by atomic mass is 16.5. The van der Waals surface area contributed by atoms with Crippen LogP contribution < -0.4 is 14.8 Å². The van der Waals surface area contributed by atoms with Crippen molar-refractivity contribution in [3.63, 3.8) is 0 Å². The fourth-order valence-electron chi connectivity index (χ4n) is 4.04. The monoisotopic (exact) mass is 441 g/mol. The minimum absolute atomic E-state index is 0.0488. The zero-order valence-electron chi connectivity index (χ0n) is 19.8. The summed E-state index contributed by atoms with van der Waals surface area (Å²) in [4.78, 5) is 0. The molecule has 1 atom stereocenters. The minimum atomic E-state index is -0.0488. The maximum absolute atomic E-state index is 6.77. The van der Waals surface area contributed by atoms with Gasteiger partial charge in [-0.05, 0) is 73.8 Å². The van der Waals surface area contributed by atoms with Crippen LogP contribution in [0.25, 0.3) is 11.1 Å². The van der Waals surface area contributed by atoms with Gasteiger partial charge in [0.2, 0.25) is 0 Å². The van der Waals surface area contributed by atoms with Gasteiger partial charge in [0.25, 0.3) is 0 Å². The highest BCUT2D eigenvalue weighted by Gasteiger charge is 2.19. The smallest absolute Gasteiger partial charge is 0.127 e. The SMILES string of the molecule is C=CCc1cc(-c2ccccc2OCC)cc(CC=C)c1OC(CCNC)c1ccccc1. The van der Waals surface area contributed by atoms with Crippen LogP contribution in [0.15, 0.2) is 92.0 Å². The van der Waals surface area contributed by atoms with Gasteiger partial charge in [-0.15, -0.1) is 13.2 Å². The zero-order valence-corrected chi connectivity index (χ0v) is 19.8. The Balaban J connectivity index is 2.10. The Morgan fingerprint density at radius 2 is 1.55 bits per heavy atom. The van der Waals surface area contributed by atoms with Gasteiger partial charge in [0.1, 0.15) is 17.6 Å². The van der Waals surface area contributed by atoms with Crippen molar-refractivity contribution < 1.29 is 9.47 Å². The van der Waals surface area contributed by atoms with E-state index in [4.69, 9.17) is 9.47 Å². The maximum atomic E-state index is 6.77. The molecule has 3 aromatic carbocycles. The van der Waals surface area contributed by atoms with Crippen LogP contribution in [-0.4, -0.2) is 20.2 Å². The molecule has 172 valence electrons. The summed E-state index contributed by atoms with van der Waals surface area (Å²) in [5, 5.41) is 3.26. The molecule has 0 aliphatic heterocycles. The first-order valence-corrected chi connectivity index (χ1v) is 11.7. The second-order valence-corrected chi connectivity index (χ2v) is 7.95. The van der Waals surface area contributed by atoms with Gasteiger partial charge >= 0.3 is 0 Å². The summed E-state index contributed by atoms with van der Waals surface area (Å²) < 4.78 is 12.7. The molecule has 0 amide bonds. The molecule has 0 spiro atoms. The van der Waals surface area contributed by atoms with Gasteiger partial charge in [0.05, 0.1) is 6.61 Å². The maximum Gasteiger partial charge on any atom is 0.127 e. The molecule has 3 aromatic rings. The summed E-state index contributed by atoms with van der Waals surface area (Å²) in [6, 6.07) is 23.0. The van der Waals surface area contributed by atoms with Crippen molar-refractivity contribution in [3.8, 4) is 22.6 Å². The summed E-state index contributed by atoms with van der Waals surface area (Å²) in [5.41, 5.74) is 5.61. The fourth-order valence-corrected chi connectivity index (χ4v) is 4.04. The Bertz CT molecular complexity index is 1010. The van der Waals surface area contributed by atoms with Gasteiger partial charge in [0.15, 0.2) is 0 Å². The van der Waals surface area contributed by atoms with Crippen molar-refractivity contribution in [1.29, 1.82) is 0 Å². The fraction of sp³-hybridized carbons (Fsp3) is 0.267. The Kier molecular flexibility index (Phi) is 9.34. The van der Waals surface area contributed by atoms with Gasteiger partial charge in [-0.3, -0.25) is 0 Å². The Morgan fingerprint density at radius 3 is 2.15 bits per heavy atom. The molecule has 3 rings (SSSR count). The highest BCUT2D eigenvalue weighted by Crippen LogP contribution is 2.38. The number of benzene rings is 3. The number of allylic oxidation sites excluding steroid dienone is 2. The normalized spacial score (nSPS) is 11.6. The molecular formula is C30H35NO2. The first kappa shape index (κ1) is 24.3. The third-order valence-corrected chi connectivity index (χ3v) is 5.56. The largest absolute Gasteiger partial charge is 0.493 e. The van der Waals surface area contributed by atoms with Crippen molar-refractivity contribution in [1.82, 2.24) is 5.32 Å². The van der Waals surface area contributed by atoms with Crippen LogP contribution in [0.4, 0.5) is 0 Å². The number of nitrogens with one attached hydrogen (secondary N) is 1. The molecule has 0 saturated carbocycles. The van der Waals surface area contributed by atoms with Crippen molar-refractivity contribution in [2.45, 2.75) is 32.3 Å². The van der Waals surface area contributed by atoms with Crippen LogP contribution in [-0.2, 0) is 12.8 Å². The van der Waals surface area contributed by atoms with E-state index in [0.29, 0.717) is 6.61 Å². The van der Waals surface area contributed by atoms with Gasteiger partial charge in [-0.25, -0.2) is 0 Å². The van der Waals surface area contributed by atoms with E-state index >= 15 is 0 Å². The van der Waals surface area contributed by atoms with Crippen LogP contribution >= 0.6 is 0 Å². The van der Waals surface area contributed by atoms with Crippen molar-refractivity contribution in [2.24, 2.45) is 0 Å². The molecule has 33 heavy (non-hydrogen) atoms. The average Bonchev–Trinajstić information content (AvgIpc) is 2.84. The molecule has 0 fully saturated rings. The van der Waals surface area contributed by atoms with Gasteiger partial charge < -0.3 is 14.8 Å². The molecular weight excluding hydrogens is 406 g/mol. The van der Waals surface area contributed by atoms with Crippen LogP contribution in [0.2, 0.25) is 0 Å². The quantitative estimate of drug-likeness (QED) is 0.291. The van der Waals surface area contributed by atoms with E-state index in [9.17, 15) is 0 Å².